The summed E-state index contributed by atoms with van der Waals surface area (Å²) in [4.78, 5) is 25.4. The number of fused-ring (bicyclic) bond motifs is 5. The Morgan fingerprint density at radius 2 is 2.00 bits per heavy atom. The predicted octanol–water partition coefficient (Wildman–Crippen LogP) is 4.79. The first kappa shape index (κ1) is 18.4. The van der Waals surface area contributed by atoms with Crippen molar-refractivity contribution in [1.82, 2.24) is 5.32 Å². The first-order chi connectivity index (χ1) is 13.6. The van der Waals surface area contributed by atoms with E-state index in [1.807, 2.05) is 0 Å². The van der Waals surface area contributed by atoms with Gasteiger partial charge in [-0.2, -0.15) is 0 Å². The van der Waals surface area contributed by atoms with Crippen LogP contribution in [0.4, 0.5) is 0 Å². The van der Waals surface area contributed by atoms with Gasteiger partial charge < -0.3 is 5.32 Å². The molecule has 150 valence electrons. The van der Waals surface area contributed by atoms with Gasteiger partial charge in [-0.15, -0.1) is 0 Å². The summed E-state index contributed by atoms with van der Waals surface area (Å²) in [6.45, 7) is 2.24. The third kappa shape index (κ3) is 2.93. The van der Waals surface area contributed by atoms with Crippen molar-refractivity contribution in [3.63, 3.8) is 0 Å². The average Bonchev–Trinajstić information content (AvgIpc) is 2.93. The van der Waals surface area contributed by atoms with Crippen LogP contribution in [-0.2, 0) is 16.0 Å². The van der Waals surface area contributed by atoms with Gasteiger partial charge in [0.15, 0.2) is 0 Å². The number of benzene rings is 1. The van der Waals surface area contributed by atoms with Gasteiger partial charge in [0.25, 0.3) is 0 Å². The number of rotatable bonds is 4. The van der Waals surface area contributed by atoms with Gasteiger partial charge in [0, 0.05) is 24.3 Å². The first-order valence-corrected chi connectivity index (χ1v) is 11.5. The van der Waals surface area contributed by atoms with E-state index in [9.17, 15) is 9.59 Å². The number of ketones is 1. The number of hydrogen-bond donors (Lipinski definition) is 1. The van der Waals surface area contributed by atoms with Crippen molar-refractivity contribution in [1.29, 1.82) is 0 Å². The van der Waals surface area contributed by atoms with E-state index in [0.29, 0.717) is 48.3 Å². The standard InChI is InChI=1S/C25H33NO2/c1-25-14-13-20-19-8-3-2-5-16(19)9-11-21(20)24(25)17(15-22(25)27)10-12-23(28)26-18-6-4-7-18/h2-3,5,8,17-18,20-21,24H,4,6-7,9-15H2,1H3,(H,26,28)/t17-,20?,21?,24?,25-/m1/s1. The molecule has 5 atom stereocenters. The molecule has 5 rings (SSSR count). The minimum atomic E-state index is -0.150. The van der Waals surface area contributed by atoms with E-state index >= 15 is 0 Å². The zero-order chi connectivity index (χ0) is 19.3. The van der Waals surface area contributed by atoms with Gasteiger partial charge in [-0.05, 0) is 86.2 Å². The quantitative estimate of drug-likeness (QED) is 0.818. The van der Waals surface area contributed by atoms with Gasteiger partial charge >= 0.3 is 0 Å². The molecule has 4 aliphatic carbocycles. The van der Waals surface area contributed by atoms with E-state index in [1.165, 1.54) is 18.4 Å². The molecule has 0 aliphatic heterocycles. The molecule has 0 radical (unpaired) electrons. The van der Waals surface area contributed by atoms with Crippen LogP contribution in [-0.4, -0.2) is 17.7 Å². The highest BCUT2D eigenvalue weighted by Gasteiger charge is 2.58. The Labute approximate surface area is 168 Å². The molecule has 0 spiro atoms. The van der Waals surface area contributed by atoms with E-state index in [1.54, 1.807) is 5.56 Å². The molecule has 1 amide bonds. The van der Waals surface area contributed by atoms with Crippen molar-refractivity contribution >= 4 is 11.7 Å². The second-order valence-corrected chi connectivity index (χ2v) is 10.1. The normalized spacial score (nSPS) is 36.8. The van der Waals surface area contributed by atoms with E-state index in [-0.39, 0.29) is 11.3 Å². The highest BCUT2D eigenvalue weighted by Crippen LogP contribution is 2.62. The lowest BCUT2D eigenvalue weighted by molar-refractivity contribution is -0.129. The molecule has 0 saturated heterocycles. The van der Waals surface area contributed by atoms with Crippen LogP contribution in [0.1, 0.15) is 81.8 Å². The molecule has 3 heteroatoms. The third-order valence-electron chi connectivity index (χ3n) is 8.69. The topological polar surface area (TPSA) is 46.2 Å². The molecule has 4 aliphatic rings. The van der Waals surface area contributed by atoms with Crippen LogP contribution in [0, 0.1) is 23.2 Å². The Kier molecular flexibility index (Phi) is 4.60. The van der Waals surface area contributed by atoms with Crippen LogP contribution in [0.3, 0.4) is 0 Å². The molecule has 1 aromatic rings. The number of carbonyl (C=O) groups excluding carboxylic acids is 2. The van der Waals surface area contributed by atoms with Gasteiger partial charge in [0.1, 0.15) is 5.78 Å². The Morgan fingerprint density at radius 3 is 2.79 bits per heavy atom. The largest absolute Gasteiger partial charge is 0.353 e. The zero-order valence-electron chi connectivity index (χ0n) is 17.1. The fraction of sp³-hybridized carbons (Fsp3) is 0.680. The molecular weight excluding hydrogens is 346 g/mol. The van der Waals surface area contributed by atoms with Crippen LogP contribution in [0.2, 0.25) is 0 Å². The van der Waals surface area contributed by atoms with Crippen LogP contribution >= 0.6 is 0 Å². The second-order valence-electron chi connectivity index (χ2n) is 10.1. The maximum atomic E-state index is 13.0. The molecule has 3 saturated carbocycles. The van der Waals surface area contributed by atoms with Gasteiger partial charge in [-0.25, -0.2) is 0 Å². The summed E-state index contributed by atoms with van der Waals surface area (Å²) in [6.07, 6.45) is 10.2. The minimum Gasteiger partial charge on any atom is -0.353 e. The number of Topliss-reactive ketones (excluding diaryl/α,β-unsaturated/α-hetero) is 1. The van der Waals surface area contributed by atoms with E-state index in [4.69, 9.17) is 0 Å². The molecule has 28 heavy (non-hydrogen) atoms. The van der Waals surface area contributed by atoms with Crippen LogP contribution in [0.25, 0.3) is 0 Å². The van der Waals surface area contributed by atoms with Crippen molar-refractivity contribution in [2.75, 3.05) is 0 Å². The predicted molar refractivity (Wildman–Crippen MR) is 110 cm³/mol. The van der Waals surface area contributed by atoms with Crippen LogP contribution in [0.5, 0.6) is 0 Å². The second kappa shape index (κ2) is 7.00. The number of amides is 1. The van der Waals surface area contributed by atoms with E-state index in [0.717, 1.165) is 38.5 Å². The number of carbonyl (C=O) groups is 2. The summed E-state index contributed by atoms with van der Waals surface area (Å²) in [5.41, 5.74) is 2.91. The summed E-state index contributed by atoms with van der Waals surface area (Å²) in [6, 6.07) is 9.37. The Balaban J connectivity index is 1.34. The SMILES string of the molecule is C[C@]12CCC3c4ccccc4CCC3C1[C@H](CCC(=O)NC1CCC1)CC2=O. The van der Waals surface area contributed by atoms with Crippen molar-refractivity contribution in [2.45, 2.75) is 83.1 Å². The maximum Gasteiger partial charge on any atom is 0.220 e. The smallest absolute Gasteiger partial charge is 0.220 e. The minimum absolute atomic E-state index is 0.150. The molecule has 3 fully saturated rings. The Morgan fingerprint density at radius 1 is 1.18 bits per heavy atom. The van der Waals surface area contributed by atoms with Crippen molar-refractivity contribution in [2.24, 2.45) is 23.2 Å². The number of hydrogen-bond acceptors (Lipinski definition) is 2. The summed E-state index contributed by atoms with van der Waals surface area (Å²) in [7, 11) is 0. The van der Waals surface area contributed by atoms with Gasteiger partial charge in [-0.3, -0.25) is 9.59 Å². The summed E-state index contributed by atoms with van der Waals surface area (Å²) in [5, 5.41) is 3.18. The highest BCUT2D eigenvalue weighted by atomic mass is 16.1. The molecule has 0 bridgehead atoms. The van der Waals surface area contributed by atoms with Crippen LogP contribution < -0.4 is 5.32 Å². The van der Waals surface area contributed by atoms with Gasteiger partial charge in [0.2, 0.25) is 5.91 Å². The lowest BCUT2D eigenvalue weighted by Crippen LogP contribution is -2.44. The lowest BCUT2D eigenvalue weighted by atomic mass is 9.54. The third-order valence-corrected chi connectivity index (χ3v) is 8.69. The van der Waals surface area contributed by atoms with Crippen LogP contribution in [0.15, 0.2) is 24.3 Å². The highest BCUT2D eigenvalue weighted by molar-refractivity contribution is 5.88. The van der Waals surface area contributed by atoms with E-state index in [2.05, 4.69) is 36.5 Å². The number of nitrogens with one attached hydrogen (secondary N) is 1. The van der Waals surface area contributed by atoms with Gasteiger partial charge in [-0.1, -0.05) is 31.2 Å². The van der Waals surface area contributed by atoms with Crippen molar-refractivity contribution in [3.8, 4) is 0 Å². The first-order valence-electron chi connectivity index (χ1n) is 11.5. The molecule has 3 nitrogen and oxygen atoms in total. The molecule has 0 heterocycles. The Bertz CT molecular complexity index is 783. The summed E-state index contributed by atoms with van der Waals surface area (Å²) in [5.74, 6) is 2.75. The molecule has 1 N–H and O–H groups in total. The fourth-order valence-corrected chi connectivity index (χ4v) is 7.02. The monoisotopic (exact) mass is 379 g/mol. The molecule has 0 aromatic heterocycles. The molecule has 3 unspecified atom stereocenters. The van der Waals surface area contributed by atoms with E-state index < -0.39 is 0 Å². The van der Waals surface area contributed by atoms with Crippen molar-refractivity contribution in [3.05, 3.63) is 35.4 Å². The Hall–Kier alpha value is -1.64. The molecular formula is C25H33NO2. The molecule has 1 aromatic carbocycles. The lowest BCUT2D eigenvalue weighted by Gasteiger charge is -2.50. The van der Waals surface area contributed by atoms with Gasteiger partial charge in [0.05, 0.1) is 0 Å². The zero-order valence-corrected chi connectivity index (χ0v) is 17.1. The number of aryl methyl sites for hydroxylation is 1. The average molecular weight is 380 g/mol. The van der Waals surface area contributed by atoms with Crippen molar-refractivity contribution < 1.29 is 9.59 Å². The summed E-state index contributed by atoms with van der Waals surface area (Å²) < 4.78 is 0. The maximum absolute atomic E-state index is 13.0. The summed E-state index contributed by atoms with van der Waals surface area (Å²) >= 11 is 0. The fourth-order valence-electron chi connectivity index (χ4n) is 7.02.